The maximum atomic E-state index is 12.4. The highest BCUT2D eigenvalue weighted by atomic mass is 79.9. The van der Waals surface area contributed by atoms with Gasteiger partial charge >= 0.3 is 5.69 Å². The number of ether oxygens (including phenoxy) is 2. The van der Waals surface area contributed by atoms with Gasteiger partial charge in [0.1, 0.15) is 17.2 Å². The largest absolute Gasteiger partial charge is 0.496 e. The van der Waals surface area contributed by atoms with E-state index in [-0.39, 0.29) is 6.54 Å². The van der Waals surface area contributed by atoms with Crippen molar-refractivity contribution in [1.29, 1.82) is 0 Å². The zero-order valence-corrected chi connectivity index (χ0v) is 19.3. The summed E-state index contributed by atoms with van der Waals surface area (Å²) in [5, 5.41) is 6.45. The number of aromatic nitrogens is 3. The molecule has 1 aromatic heterocycles. The van der Waals surface area contributed by atoms with Crippen LogP contribution in [0.2, 0.25) is 0 Å². The fraction of sp³-hybridized carbons (Fsp3) is 0.182. The molecule has 3 rings (SSSR count). The summed E-state index contributed by atoms with van der Waals surface area (Å²) in [6.45, 7) is 7.30. The molecule has 0 atom stereocenters. The number of methoxy groups -OCH3 is 1. The van der Waals surface area contributed by atoms with Crippen LogP contribution in [0.1, 0.15) is 21.6 Å². The maximum Gasteiger partial charge on any atom is 0.349 e. The molecule has 1 heterocycles. The smallest absolute Gasteiger partial charge is 0.349 e. The maximum absolute atomic E-state index is 12.4. The monoisotopic (exact) mass is 500 g/mol. The van der Waals surface area contributed by atoms with E-state index in [9.17, 15) is 14.4 Å². The Bertz CT molecular complexity index is 1290. The molecule has 0 aliphatic carbocycles. The number of halogens is 1. The summed E-state index contributed by atoms with van der Waals surface area (Å²) in [4.78, 5) is 38.7. The summed E-state index contributed by atoms with van der Waals surface area (Å²) in [7, 11) is 1.58. The van der Waals surface area contributed by atoms with Gasteiger partial charge in [0.15, 0.2) is 0 Å². The Morgan fingerprint density at radius 1 is 1.25 bits per heavy atom. The molecule has 0 spiro atoms. The molecular formula is C22H21BrN4O5. The quantitative estimate of drug-likeness (QED) is 0.481. The Labute approximate surface area is 191 Å². The zero-order valence-electron chi connectivity index (χ0n) is 17.7. The van der Waals surface area contributed by atoms with Crippen LogP contribution in [0.4, 0.5) is 0 Å². The second-order valence-electron chi connectivity index (χ2n) is 6.83. The van der Waals surface area contributed by atoms with Crippen molar-refractivity contribution in [3.05, 3.63) is 85.1 Å². The van der Waals surface area contributed by atoms with Crippen LogP contribution in [0.5, 0.6) is 17.2 Å². The van der Waals surface area contributed by atoms with Crippen molar-refractivity contribution in [2.45, 2.75) is 13.8 Å². The van der Waals surface area contributed by atoms with Crippen LogP contribution in [0, 0.1) is 13.8 Å². The molecule has 0 aliphatic heterocycles. The van der Waals surface area contributed by atoms with Crippen molar-refractivity contribution in [2.24, 2.45) is 0 Å². The Hall–Kier alpha value is -3.66. The van der Waals surface area contributed by atoms with E-state index in [1.807, 2.05) is 13.8 Å². The number of aryl methyl sites for hydroxylation is 2. The highest BCUT2D eigenvalue weighted by molar-refractivity contribution is 9.10. The van der Waals surface area contributed by atoms with E-state index in [1.54, 1.807) is 37.4 Å². The molecule has 0 saturated heterocycles. The first-order valence-corrected chi connectivity index (χ1v) is 10.3. The number of nitrogens with one attached hydrogen (secondary N) is 2. The van der Waals surface area contributed by atoms with Gasteiger partial charge in [-0.2, -0.15) is 9.78 Å². The van der Waals surface area contributed by atoms with Gasteiger partial charge in [-0.25, -0.2) is 4.79 Å². The van der Waals surface area contributed by atoms with Crippen molar-refractivity contribution < 1.29 is 14.3 Å². The Morgan fingerprint density at radius 2 is 1.94 bits per heavy atom. The van der Waals surface area contributed by atoms with Crippen LogP contribution < -0.4 is 26.0 Å². The van der Waals surface area contributed by atoms with Gasteiger partial charge in [-0.3, -0.25) is 14.6 Å². The Kier molecular flexibility index (Phi) is 6.94. The number of nitrogens with zero attached hydrogens (tertiary/aromatic N) is 2. The molecule has 1 amide bonds. The minimum absolute atomic E-state index is 0.158. The van der Waals surface area contributed by atoms with E-state index in [4.69, 9.17) is 9.47 Å². The summed E-state index contributed by atoms with van der Waals surface area (Å²) in [5.41, 5.74) is -0.227. The number of benzene rings is 2. The van der Waals surface area contributed by atoms with Gasteiger partial charge in [0.25, 0.3) is 11.5 Å². The predicted octanol–water partition coefficient (Wildman–Crippen LogP) is 3.02. The average Bonchev–Trinajstić information content (AvgIpc) is 2.74. The lowest BCUT2D eigenvalue weighted by molar-refractivity contribution is 0.0949. The van der Waals surface area contributed by atoms with Crippen LogP contribution in [-0.4, -0.2) is 34.3 Å². The minimum atomic E-state index is -0.869. The lowest BCUT2D eigenvalue weighted by Gasteiger charge is -2.15. The summed E-state index contributed by atoms with van der Waals surface area (Å²) in [5.74, 6) is 1.17. The number of carbonyl (C=O) groups is 1. The Balaban J connectivity index is 2.00. The van der Waals surface area contributed by atoms with Gasteiger partial charge < -0.3 is 14.8 Å². The third kappa shape index (κ3) is 4.80. The number of hydrogen-bond donors (Lipinski definition) is 2. The summed E-state index contributed by atoms with van der Waals surface area (Å²) in [6.07, 6.45) is 1.47. The van der Waals surface area contributed by atoms with E-state index < -0.39 is 22.9 Å². The molecule has 2 N–H and O–H groups in total. The van der Waals surface area contributed by atoms with Crippen molar-refractivity contribution >= 4 is 21.8 Å². The number of aromatic amines is 1. The second-order valence-corrected chi connectivity index (χ2v) is 7.68. The van der Waals surface area contributed by atoms with Gasteiger partial charge in [0.05, 0.1) is 17.3 Å². The lowest BCUT2D eigenvalue weighted by atomic mass is 10.1. The predicted molar refractivity (Wildman–Crippen MR) is 123 cm³/mol. The highest BCUT2D eigenvalue weighted by Gasteiger charge is 2.17. The van der Waals surface area contributed by atoms with E-state index in [0.29, 0.717) is 22.9 Å². The van der Waals surface area contributed by atoms with E-state index in [0.717, 1.165) is 20.3 Å². The first-order chi connectivity index (χ1) is 15.2. The van der Waals surface area contributed by atoms with Crippen LogP contribution in [0.3, 0.4) is 0 Å². The van der Waals surface area contributed by atoms with E-state index >= 15 is 0 Å². The second kappa shape index (κ2) is 9.65. The molecule has 9 nitrogen and oxygen atoms in total. The van der Waals surface area contributed by atoms with Gasteiger partial charge in [-0.05, 0) is 71.2 Å². The van der Waals surface area contributed by atoms with Gasteiger partial charge in [0.2, 0.25) is 5.69 Å². The molecule has 0 bridgehead atoms. The molecule has 10 heteroatoms. The highest BCUT2D eigenvalue weighted by Crippen LogP contribution is 2.34. The molecule has 0 radical (unpaired) electrons. The number of H-pyrrole nitrogens is 1. The molecule has 0 fully saturated rings. The van der Waals surface area contributed by atoms with E-state index in [2.05, 4.69) is 37.9 Å². The van der Waals surface area contributed by atoms with Crippen molar-refractivity contribution in [1.82, 2.24) is 20.1 Å². The summed E-state index contributed by atoms with van der Waals surface area (Å²) in [6, 6.07) is 8.70. The van der Waals surface area contributed by atoms with Gasteiger partial charge in [-0.15, -0.1) is 6.58 Å². The van der Waals surface area contributed by atoms with Crippen molar-refractivity contribution in [3.63, 3.8) is 0 Å². The molecule has 166 valence electrons. The summed E-state index contributed by atoms with van der Waals surface area (Å²) >= 11 is 3.43. The minimum Gasteiger partial charge on any atom is -0.496 e. The third-order valence-electron chi connectivity index (χ3n) is 4.48. The number of rotatable bonds is 7. The molecule has 2 aromatic carbocycles. The van der Waals surface area contributed by atoms with Crippen LogP contribution in [-0.2, 0) is 0 Å². The SMILES string of the molecule is C=CCNC(=O)c1nn(-c2cc(C)c(Oc3ccc(OC)c(Br)c3)c(C)c2)c(=O)[nH]c1=O. The topological polar surface area (TPSA) is 115 Å². The summed E-state index contributed by atoms with van der Waals surface area (Å²) < 4.78 is 13.0. The van der Waals surface area contributed by atoms with Crippen LogP contribution >= 0.6 is 15.9 Å². The first kappa shape index (κ1) is 23.0. The van der Waals surface area contributed by atoms with Gasteiger partial charge in [0, 0.05) is 6.54 Å². The number of hydrogen-bond acceptors (Lipinski definition) is 6. The third-order valence-corrected chi connectivity index (χ3v) is 5.10. The molecule has 32 heavy (non-hydrogen) atoms. The van der Waals surface area contributed by atoms with Crippen molar-refractivity contribution in [3.8, 4) is 22.9 Å². The van der Waals surface area contributed by atoms with Crippen LogP contribution in [0.15, 0.2) is 57.0 Å². The molecule has 0 saturated carbocycles. The van der Waals surface area contributed by atoms with Crippen molar-refractivity contribution in [2.75, 3.05) is 13.7 Å². The molecule has 3 aromatic rings. The van der Waals surface area contributed by atoms with Gasteiger partial charge in [-0.1, -0.05) is 6.08 Å². The van der Waals surface area contributed by atoms with E-state index in [1.165, 1.54) is 6.08 Å². The molecular weight excluding hydrogens is 480 g/mol. The first-order valence-electron chi connectivity index (χ1n) is 9.51. The zero-order chi connectivity index (χ0) is 23.4. The molecule has 0 unspecified atom stereocenters. The fourth-order valence-electron chi connectivity index (χ4n) is 3.01. The van der Waals surface area contributed by atoms with Crippen LogP contribution in [0.25, 0.3) is 5.69 Å². The Morgan fingerprint density at radius 3 is 2.53 bits per heavy atom. The lowest BCUT2D eigenvalue weighted by Crippen LogP contribution is -2.39. The normalized spacial score (nSPS) is 10.5. The fourth-order valence-corrected chi connectivity index (χ4v) is 3.53. The average molecular weight is 501 g/mol. The molecule has 0 aliphatic rings. The number of carbonyl (C=O) groups excluding carboxylic acids is 1. The number of amides is 1. The standard InChI is InChI=1S/C22H21BrN4O5/c1-5-8-24-20(28)18-21(29)25-22(30)27(26-18)14-9-12(2)19(13(3)10-14)32-15-6-7-17(31-4)16(23)11-15/h5-7,9-11H,1,8H2,2-4H3,(H,24,28)(H,25,29,30).